The number of carbonyl (C=O) groups excluding carboxylic acids is 2. The second-order valence-corrected chi connectivity index (χ2v) is 6.59. The van der Waals surface area contributed by atoms with E-state index >= 15 is 0 Å². The predicted octanol–water partition coefficient (Wildman–Crippen LogP) is 2.19. The third-order valence-corrected chi connectivity index (χ3v) is 4.21. The van der Waals surface area contributed by atoms with Gasteiger partial charge in [0.25, 0.3) is 11.8 Å². The van der Waals surface area contributed by atoms with E-state index in [2.05, 4.69) is 20.6 Å². The number of hydrogen-bond acceptors (Lipinski definition) is 4. The molecular weight excluding hydrogens is 304 g/mol. The summed E-state index contributed by atoms with van der Waals surface area (Å²) in [5.41, 5.74) is -0.771. The summed E-state index contributed by atoms with van der Waals surface area (Å²) in [6.07, 6.45) is 3.13. The minimum atomic E-state index is -0.716. The number of rotatable bonds is 5. The molecule has 0 aromatic carbocycles. The molecule has 0 aliphatic rings. The molecule has 2 heterocycles. The zero-order chi connectivity index (χ0) is 17.8. The van der Waals surface area contributed by atoms with Crippen LogP contribution in [0.2, 0.25) is 0 Å². The quantitative estimate of drug-likeness (QED) is 0.882. The van der Waals surface area contributed by atoms with Gasteiger partial charge in [-0.05, 0) is 52.0 Å². The zero-order valence-electron chi connectivity index (χ0n) is 14.3. The molecule has 0 spiro atoms. The van der Waals surface area contributed by atoms with Crippen molar-refractivity contribution in [3.05, 3.63) is 60.2 Å². The molecule has 126 valence electrons. The summed E-state index contributed by atoms with van der Waals surface area (Å²) < 4.78 is 0. The monoisotopic (exact) mass is 326 g/mol. The number of aromatic nitrogens is 2. The summed E-state index contributed by atoms with van der Waals surface area (Å²) in [5.74, 6) is -0.582. The summed E-state index contributed by atoms with van der Waals surface area (Å²) in [6, 6.07) is 10.3. The highest BCUT2D eigenvalue weighted by molar-refractivity contribution is 5.94. The first-order valence-corrected chi connectivity index (χ1v) is 7.70. The zero-order valence-corrected chi connectivity index (χ0v) is 14.3. The van der Waals surface area contributed by atoms with Gasteiger partial charge in [-0.2, -0.15) is 0 Å². The highest BCUT2D eigenvalue weighted by Gasteiger charge is 2.40. The van der Waals surface area contributed by atoms with E-state index in [-0.39, 0.29) is 11.8 Å². The van der Waals surface area contributed by atoms with Gasteiger partial charge in [-0.15, -0.1) is 0 Å². The maximum absolute atomic E-state index is 12.4. The van der Waals surface area contributed by atoms with Crippen molar-refractivity contribution < 1.29 is 9.59 Å². The molecule has 24 heavy (non-hydrogen) atoms. The Morgan fingerprint density at radius 2 is 1.12 bits per heavy atom. The highest BCUT2D eigenvalue weighted by atomic mass is 16.2. The van der Waals surface area contributed by atoms with Crippen LogP contribution in [-0.2, 0) is 0 Å². The average Bonchev–Trinajstić information content (AvgIpc) is 2.55. The van der Waals surface area contributed by atoms with Gasteiger partial charge in [0, 0.05) is 12.4 Å². The summed E-state index contributed by atoms with van der Waals surface area (Å²) >= 11 is 0. The average molecular weight is 326 g/mol. The van der Waals surface area contributed by atoms with Gasteiger partial charge in [0.05, 0.1) is 11.1 Å². The number of hydrogen-bond donors (Lipinski definition) is 2. The molecule has 2 amide bonds. The van der Waals surface area contributed by atoms with Crippen LogP contribution in [0.4, 0.5) is 0 Å². The van der Waals surface area contributed by atoms with Gasteiger partial charge in [-0.25, -0.2) is 0 Å². The largest absolute Gasteiger partial charge is 0.343 e. The van der Waals surface area contributed by atoms with Crippen molar-refractivity contribution in [2.75, 3.05) is 0 Å². The maximum atomic E-state index is 12.4. The first kappa shape index (κ1) is 17.6. The molecule has 0 radical (unpaired) electrons. The predicted molar refractivity (Wildman–Crippen MR) is 91.6 cm³/mol. The van der Waals surface area contributed by atoms with Crippen LogP contribution in [0.15, 0.2) is 48.8 Å². The van der Waals surface area contributed by atoms with E-state index in [1.165, 1.54) is 0 Å². The number of amides is 2. The maximum Gasteiger partial charge on any atom is 0.270 e. The lowest BCUT2D eigenvalue weighted by atomic mass is 9.82. The lowest BCUT2D eigenvalue weighted by Crippen LogP contribution is -2.65. The van der Waals surface area contributed by atoms with Gasteiger partial charge in [-0.1, -0.05) is 12.1 Å². The van der Waals surface area contributed by atoms with Gasteiger partial charge in [0.1, 0.15) is 11.4 Å². The van der Waals surface area contributed by atoms with Gasteiger partial charge >= 0.3 is 0 Å². The van der Waals surface area contributed by atoms with E-state index in [0.29, 0.717) is 11.4 Å². The van der Waals surface area contributed by atoms with Gasteiger partial charge in [0.2, 0.25) is 0 Å². The lowest BCUT2D eigenvalue weighted by molar-refractivity contribution is 0.0766. The van der Waals surface area contributed by atoms with E-state index in [4.69, 9.17) is 0 Å². The third kappa shape index (κ3) is 3.95. The van der Waals surface area contributed by atoms with E-state index in [0.717, 1.165) is 0 Å². The van der Waals surface area contributed by atoms with E-state index in [9.17, 15) is 9.59 Å². The molecule has 0 atom stereocenters. The normalized spacial score (nSPS) is 11.7. The fourth-order valence-electron chi connectivity index (χ4n) is 2.00. The fourth-order valence-corrected chi connectivity index (χ4v) is 2.00. The highest BCUT2D eigenvalue weighted by Crippen LogP contribution is 2.22. The Hall–Kier alpha value is -2.76. The van der Waals surface area contributed by atoms with Crippen molar-refractivity contribution in [3.8, 4) is 0 Å². The molecule has 6 nitrogen and oxygen atoms in total. The van der Waals surface area contributed by atoms with Crippen LogP contribution < -0.4 is 10.6 Å². The summed E-state index contributed by atoms with van der Waals surface area (Å²) in [5, 5.41) is 5.87. The smallest absolute Gasteiger partial charge is 0.270 e. The Kier molecular flexibility index (Phi) is 4.97. The Bertz CT molecular complexity index is 649. The molecule has 2 rings (SSSR count). The number of nitrogens with zero attached hydrogens (tertiary/aromatic N) is 2. The minimum Gasteiger partial charge on any atom is -0.343 e. The summed E-state index contributed by atoms with van der Waals surface area (Å²) in [6.45, 7) is 7.41. The standard InChI is InChI=1S/C18H22N4O2/c1-17(2,21-15(23)13-9-5-7-11-19-13)18(3,4)22-16(24)14-10-6-8-12-20-14/h5-12H,1-4H3,(H,21,23)(H,22,24). The molecule has 2 aromatic rings. The Labute approximate surface area is 141 Å². The molecule has 0 fully saturated rings. The van der Waals surface area contributed by atoms with Crippen LogP contribution in [0.25, 0.3) is 0 Å². The second kappa shape index (κ2) is 6.78. The number of carbonyl (C=O) groups is 2. The molecule has 0 aliphatic carbocycles. The van der Waals surface area contributed by atoms with Crippen LogP contribution in [-0.4, -0.2) is 32.9 Å². The second-order valence-electron chi connectivity index (χ2n) is 6.59. The van der Waals surface area contributed by atoms with Crippen molar-refractivity contribution in [1.82, 2.24) is 20.6 Å². The SMILES string of the molecule is CC(C)(NC(=O)c1ccccn1)C(C)(C)NC(=O)c1ccccn1. The van der Waals surface area contributed by atoms with Crippen molar-refractivity contribution in [2.45, 2.75) is 38.8 Å². The van der Waals surface area contributed by atoms with Gasteiger partial charge in [-0.3, -0.25) is 19.6 Å². The first-order chi connectivity index (χ1) is 11.2. The molecule has 0 saturated heterocycles. The van der Waals surface area contributed by atoms with Crippen molar-refractivity contribution >= 4 is 11.8 Å². The molecular formula is C18H22N4O2. The van der Waals surface area contributed by atoms with Crippen molar-refractivity contribution in [3.63, 3.8) is 0 Å². The van der Waals surface area contributed by atoms with Crippen LogP contribution in [0.5, 0.6) is 0 Å². The molecule has 0 aliphatic heterocycles. The van der Waals surface area contributed by atoms with Crippen LogP contribution >= 0.6 is 0 Å². The first-order valence-electron chi connectivity index (χ1n) is 7.70. The van der Waals surface area contributed by atoms with E-state index in [1.807, 2.05) is 27.7 Å². The van der Waals surface area contributed by atoms with Crippen LogP contribution in [0, 0.1) is 0 Å². The van der Waals surface area contributed by atoms with E-state index < -0.39 is 11.1 Å². The fraction of sp³-hybridized carbons (Fsp3) is 0.333. The number of nitrogens with one attached hydrogen (secondary N) is 2. The Balaban J connectivity index is 2.11. The van der Waals surface area contributed by atoms with Crippen LogP contribution in [0.3, 0.4) is 0 Å². The van der Waals surface area contributed by atoms with E-state index in [1.54, 1.807) is 48.8 Å². The topological polar surface area (TPSA) is 84.0 Å². The van der Waals surface area contributed by atoms with Crippen LogP contribution in [0.1, 0.15) is 48.7 Å². The minimum absolute atomic E-state index is 0.291. The molecule has 2 N–H and O–H groups in total. The van der Waals surface area contributed by atoms with Crippen molar-refractivity contribution in [1.29, 1.82) is 0 Å². The molecule has 6 heteroatoms. The summed E-state index contributed by atoms with van der Waals surface area (Å²) in [4.78, 5) is 32.8. The lowest BCUT2D eigenvalue weighted by Gasteiger charge is -2.42. The number of pyridine rings is 2. The molecule has 0 saturated carbocycles. The Morgan fingerprint density at radius 3 is 1.42 bits per heavy atom. The third-order valence-electron chi connectivity index (χ3n) is 4.21. The Morgan fingerprint density at radius 1 is 0.750 bits per heavy atom. The molecule has 0 bridgehead atoms. The van der Waals surface area contributed by atoms with Gasteiger partial charge in [0.15, 0.2) is 0 Å². The van der Waals surface area contributed by atoms with Crippen molar-refractivity contribution in [2.24, 2.45) is 0 Å². The molecule has 2 aromatic heterocycles. The molecule has 0 unspecified atom stereocenters. The summed E-state index contributed by atoms with van der Waals surface area (Å²) in [7, 11) is 0. The van der Waals surface area contributed by atoms with Gasteiger partial charge < -0.3 is 10.6 Å².